The van der Waals surface area contributed by atoms with Gasteiger partial charge in [0.05, 0.1) is 6.54 Å². The van der Waals surface area contributed by atoms with Crippen LogP contribution < -0.4 is 5.48 Å². The first-order valence-corrected chi connectivity index (χ1v) is 11.1. The van der Waals surface area contributed by atoms with Gasteiger partial charge in [0, 0.05) is 41.7 Å². The number of hydrogen-bond acceptors (Lipinski definition) is 6. The highest BCUT2D eigenvalue weighted by Crippen LogP contribution is 2.40. The number of hydrogen-bond donors (Lipinski definition) is 4. The Morgan fingerprint density at radius 2 is 1.97 bits per heavy atom. The van der Waals surface area contributed by atoms with Gasteiger partial charge < -0.3 is 9.83 Å². The van der Waals surface area contributed by atoms with Crippen molar-refractivity contribution in [2.45, 2.75) is 31.6 Å². The maximum Gasteiger partial charge on any atom is 0.142 e. The average molecular weight is 430 g/mol. The number of rotatable bonds is 5. The highest BCUT2D eigenvalue weighted by molar-refractivity contribution is 6.03. The maximum absolute atomic E-state index is 8.99. The van der Waals surface area contributed by atoms with Gasteiger partial charge in [-0.25, -0.2) is 0 Å². The number of likely N-dealkylation sites (tertiary alicyclic amines) is 1. The van der Waals surface area contributed by atoms with Gasteiger partial charge in [0.25, 0.3) is 0 Å². The van der Waals surface area contributed by atoms with Crippen molar-refractivity contribution < 1.29 is 9.62 Å². The molecule has 0 amide bonds. The second-order valence-corrected chi connectivity index (χ2v) is 8.64. The summed E-state index contributed by atoms with van der Waals surface area (Å²) in [5, 5.41) is 24.9. The van der Waals surface area contributed by atoms with E-state index in [9.17, 15) is 0 Å². The summed E-state index contributed by atoms with van der Waals surface area (Å²) in [4.78, 5) is 6.33. The first-order chi connectivity index (χ1) is 15.6. The minimum absolute atomic E-state index is 0.104. The Labute approximate surface area is 187 Å². The van der Waals surface area contributed by atoms with Gasteiger partial charge in [-0.1, -0.05) is 18.2 Å². The number of aromatic nitrogens is 1. The van der Waals surface area contributed by atoms with E-state index in [1.807, 2.05) is 17.6 Å². The van der Waals surface area contributed by atoms with Gasteiger partial charge in [0.1, 0.15) is 17.4 Å². The number of hydroxylamine groups is 1. The van der Waals surface area contributed by atoms with Crippen molar-refractivity contribution in [1.29, 1.82) is 10.8 Å². The topological polar surface area (TPSA) is 109 Å². The smallest absolute Gasteiger partial charge is 0.142 e. The summed E-state index contributed by atoms with van der Waals surface area (Å²) < 4.78 is 6.50. The Hall–Kier alpha value is -3.29. The Bertz CT molecular complexity index is 1150. The van der Waals surface area contributed by atoms with Crippen LogP contribution in [0.2, 0.25) is 0 Å². The molecule has 0 radical (unpaired) electrons. The van der Waals surface area contributed by atoms with Crippen LogP contribution in [0.3, 0.4) is 0 Å². The van der Waals surface area contributed by atoms with Crippen molar-refractivity contribution in [3.63, 3.8) is 0 Å². The maximum atomic E-state index is 8.99. The molecule has 0 bridgehead atoms. The standard InChI is InChI=1S/C25H27N5O2/c26-22-6-4-17-12-18(3-5-20(17)22)21-13-23(32-25(21)16-7-9-28-10-8-16)19-2-1-11-30(14-19)15-24(27)29-31/h3,5,7-10,12-13,19,26,31H,1-2,4,6,11,14-15H2,(H2,27,29). The number of amidine groups is 1. The molecule has 5 rings (SSSR count). The highest BCUT2D eigenvalue weighted by atomic mass is 16.5. The Morgan fingerprint density at radius 1 is 1.12 bits per heavy atom. The van der Waals surface area contributed by atoms with Crippen LogP contribution in [0.15, 0.2) is 53.2 Å². The monoisotopic (exact) mass is 429 g/mol. The van der Waals surface area contributed by atoms with Crippen LogP contribution in [0.25, 0.3) is 22.5 Å². The first-order valence-electron chi connectivity index (χ1n) is 11.1. The Balaban J connectivity index is 1.51. The van der Waals surface area contributed by atoms with Gasteiger partial charge in [-0.3, -0.25) is 26.0 Å². The SMILES string of the molecule is N=C(CN1CCCC(c2cc(-c3ccc4c(c3)CCC4=N)c(-c3ccncc3)o2)C1)NO. The molecule has 3 aromatic rings. The molecule has 2 aliphatic rings. The number of benzene rings is 1. The van der Waals surface area contributed by atoms with E-state index >= 15 is 0 Å². The van der Waals surface area contributed by atoms with E-state index < -0.39 is 0 Å². The Morgan fingerprint density at radius 3 is 2.78 bits per heavy atom. The molecular formula is C25H27N5O2. The fraction of sp³-hybridized carbons (Fsp3) is 0.320. The number of fused-ring (bicyclic) bond motifs is 1. The van der Waals surface area contributed by atoms with Crippen LogP contribution in [0, 0.1) is 10.8 Å². The number of pyridine rings is 1. The molecule has 3 heterocycles. The molecule has 1 fully saturated rings. The summed E-state index contributed by atoms with van der Waals surface area (Å²) in [5.74, 6) is 2.13. The quantitative estimate of drug-likeness (QED) is 0.272. The molecule has 1 saturated heterocycles. The molecule has 7 nitrogen and oxygen atoms in total. The molecule has 164 valence electrons. The normalized spacial score (nSPS) is 18.5. The van der Waals surface area contributed by atoms with Crippen LogP contribution in [-0.2, 0) is 6.42 Å². The molecule has 32 heavy (non-hydrogen) atoms. The summed E-state index contributed by atoms with van der Waals surface area (Å²) in [6.07, 6.45) is 7.33. The van der Waals surface area contributed by atoms with E-state index in [0.29, 0.717) is 6.54 Å². The molecule has 1 aliphatic heterocycles. The third-order valence-electron chi connectivity index (χ3n) is 6.50. The van der Waals surface area contributed by atoms with Gasteiger partial charge in [0.2, 0.25) is 0 Å². The second-order valence-electron chi connectivity index (χ2n) is 8.64. The van der Waals surface area contributed by atoms with Crippen molar-refractivity contribution in [2.24, 2.45) is 0 Å². The van der Waals surface area contributed by atoms with Crippen molar-refractivity contribution in [2.75, 3.05) is 19.6 Å². The van der Waals surface area contributed by atoms with E-state index in [1.54, 1.807) is 12.4 Å². The lowest BCUT2D eigenvalue weighted by Gasteiger charge is -2.31. The van der Waals surface area contributed by atoms with Gasteiger partial charge in [-0.05, 0) is 67.1 Å². The molecular weight excluding hydrogens is 402 g/mol. The van der Waals surface area contributed by atoms with Crippen molar-refractivity contribution in [3.05, 3.63) is 65.7 Å². The largest absolute Gasteiger partial charge is 0.460 e. The zero-order valence-corrected chi connectivity index (χ0v) is 17.9. The van der Waals surface area contributed by atoms with Crippen LogP contribution in [0.1, 0.15) is 42.1 Å². The summed E-state index contributed by atoms with van der Waals surface area (Å²) in [7, 11) is 0. The van der Waals surface area contributed by atoms with Crippen molar-refractivity contribution in [1.82, 2.24) is 15.4 Å². The Kier molecular flexibility index (Phi) is 5.59. The van der Waals surface area contributed by atoms with Crippen LogP contribution in [0.5, 0.6) is 0 Å². The average Bonchev–Trinajstić information content (AvgIpc) is 3.44. The summed E-state index contributed by atoms with van der Waals surface area (Å²) in [6.45, 7) is 2.09. The lowest BCUT2D eigenvalue weighted by Crippen LogP contribution is -2.40. The minimum atomic E-state index is 0.104. The van der Waals surface area contributed by atoms with E-state index in [-0.39, 0.29) is 11.8 Å². The zero-order valence-electron chi connectivity index (χ0n) is 17.9. The number of furan rings is 1. The van der Waals surface area contributed by atoms with Gasteiger partial charge >= 0.3 is 0 Å². The number of aryl methyl sites for hydroxylation is 1. The van der Waals surface area contributed by atoms with Crippen molar-refractivity contribution >= 4 is 11.5 Å². The summed E-state index contributed by atoms with van der Waals surface area (Å²) >= 11 is 0. The third kappa shape index (κ3) is 3.97. The van der Waals surface area contributed by atoms with Gasteiger partial charge in [0.15, 0.2) is 0 Å². The first kappa shape index (κ1) is 20.6. The molecule has 1 aliphatic carbocycles. The van der Waals surface area contributed by atoms with Gasteiger partial charge in [-0.2, -0.15) is 0 Å². The number of nitrogens with zero attached hydrogens (tertiary/aromatic N) is 2. The number of piperidine rings is 1. The lowest BCUT2D eigenvalue weighted by molar-refractivity contribution is 0.197. The minimum Gasteiger partial charge on any atom is -0.460 e. The highest BCUT2D eigenvalue weighted by Gasteiger charge is 2.27. The molecule has 1 unspecified atom stereocenters. The van der Waals surface area contributed by atoms with E-state index in [2.05, 4.69) is 34.1 Å². The van der Waals surface area contributed by atoms with Crippen LogP contribution in [-0.4, -0.2) is 46.3 Å². The van der Waals surface area contributed by atoms with E-state index in [0.717, 1.165) is 78.3 Å². The number of nitrogens with one attached hydrogen (secondary N) is 3. The lowest BCUT2D eigenvalue weighted by atomic mass is 9.93. The summed E-state index contributed by atoms with van der Waals surface area (Å²) in [6, 6.07) is 12.5. The van der Waals surface area contributed by atoms with Crippen molar-refractivity contribution in [3.8, 4) is 22.5 Å². The third-order valence-corrected chi connectivity index (χ3v) is 6.50. The predicted molar refractivity (Wildman–Crippen MR) is 124 cm³/mol. The molecule has 4 N–H and O–H groups in total. The molecule has 1 atom stereocenters. The van der Waals surface area contributed by atoms with Crippen LogP contribution >= 0.6 is 0 Å². The van der Waals surface area contributed by atoms with Gasteiger partial charge in [-0.15, -0.1) is 0 Å². The summed E-state index contributed by atoms with van der Waals surface area (Å²) in [5.41, 5.74) is 8.13. The molecule has 0 spiro atoms. The fourth-order valence-electron chi connectivity index (χ4n) is 4.89. The van der Waals surface area contributed by atoms with E-state index in [1.165, 1.54) is 5.56 Å². The zero-order chi connectivity index (χ0) is 22.1. The second kappa shape index (κ2) is 8.68. The fourth-order valence-corrected chi connectivity index (χ4v) is 4.89. The van der Waals surface area contributed by atoms with E-state index in [4.69, 9.17) is 20.4 Å². The molecule has 0 saturated carbocycles. The molecule has 1 aromatic carbocycles. The molecule has 7 heteroatoms. The van der Waals surface area contributed by atoms with Crippen LogP contribution in [0.4, 0.5) is 0 Å². The predicted octanol–water partition coefficient (Wildman–Crippen LogP) is 4.46. The molecule has 2 aromatic heterocycles.